The van der Waals surface area contributed by atoms with Crippen LogP contribution in [0.2, 0.25) is 0 Å². The summed E-state index contributed by atoms with van der Waals surface area (Å²) < 4.78 is 5.44. The van der Waals surface area contributed by atoms with Gasteiger partial charge in [-0.05, 0) is 60.1 Å². The first kappa shape index (κ1) is 36.5. The standard InChI is InChI=1S/C18H28N2O2.C6H12N2O2.C3H8.C2H6/c1-18(2,3)22-17(21)20-12-10-16(11-13-20)19(4)14-15-8-6-5-7-9-15;1-5(2)8-6(10)3-7-4-9;1-3-2;1-2/h5-9,16H,10-14H2,1-4H3;4-5H,3H2,1-2H3,(H,7,9)(H,8,10);3H2,1-2H3;1-2H3. The lowest BCUT2D eigenvalue weighted by Gasteiger charge is -2.37. The zero-order valence-electron chi connectivity index (χ0n) is 25.1. The van der Waals surface area contributed by atoms with E-state index in [-0.39, 0.29) is 24.6 Å². The molecule has 0 radical (unpaired) electrons. The molecule has 0 spiro atoms. The zero-order chi connectivity index (χ0) is 28.9. The van der Waals surface area contributed by atoms with Gasteiger partial charge in [0.1, 0.15) is 5.60 Å². The van der Waals surface area contributed by atoms with E-state index in [9.17, 15) is 14.4 Å². The Hall–Kier alpha value is -2.61. The summed E-state index contributed by atoms with van der Waals surface area (Å²) in [4.78, 5) is 36.7. The van der Waals surface area contributed by atoms with Gasteiger partial charge in [-0.15, -0.1) is 0 Å². The monoisotopic (exact) mass is 522 g/mol. The van der Waals surface area contributed by atoms with Crippen molar-refractivity contribution in [3.63, 3.8) is 0 Å². The number of carbonyl (C=O) groups is 3. The minimum absolute atomic E-state index is 0.0572. The second-order valence-corrected chi connectivity index (χ2v) is 10.0. The number of hydrogen-bond acceptors (Lipinski definition) is 5. The highest BCUT2D eigenvalue weighted by Gasteiger charge is 2.28. The topological polar surface area (TPSA) is 91.0 Å². The molecule has 8 nitrogen and oxygen atoms in total. The van der Waals surface area contributed by atoms with E-state index < -0.39 is 5.60 Å². The van der Waals surface area contributed by atoms with Gasteiger partial charge in [0, 0.05) is 31.7 Å². The Bertz CT molecular complexity index is 712. The average Bonchev–Trinajstić information content (AvgIpc) is 2.84. The second kappa shape index (κ2) is 21.5. The van der Waals surface area contributed by atoms with Crippen molar-refractivity contribution in [1.29, 1.82) is 0 Å². The van der Waals surface area contributed by atoms with Crippen LogP contribution in [0.4, 0.5) is 4.79 Å². The van der Waals surface area contributed by atoms with Crippen LogP contribution >= 0.6 is 0 Å². The van der Waals surface area contributed by atoms with Crippen LogP contribution < -0.4 is 10.6 Å². The summed E-state index contributed by atoms with van der Waals surface area (Å²) in [5.41, 5.74) is 0.914. The number of benzene rings is 1. The van der Waals surface area contributed by atoms with E-state index in [1.807, 2.05) is 59.4 Å². The highest BCUT2D eigenvalue weighted by molar-refractivity contribution is 5.79. The summed E-state index contributed by atoms with van der Waals surface area (Å²) in [5.74, 6) is -0.165. The summed E-state index contributed by atoms with van der Waals surface area (Å²) in [6.07, 6.45) is 3.57. The molecule has 214 valence electrons. The van der Waals surface area contributed by atoms with Gasteiger partial charge in [0.15, 0.2) is 0 Å². The van der Waals surface area contributed by atoms with Crippen LogP contribution in [-0.4, -0.2) is 72.6 Å². The van der Waals surface area contributed by atoms with Gasteiger partial charge in [-0.1, -0.05) is 64.4 Å². The Kier molecular flexibility index (Phi) is 21.2. The minimum Gasteiger partial charge on any atom is -0.444 e. The van der Waals surface area contributed by atoms with Crippen molar-refractivity contribution in [2.24, 2.45) is 0 Å². The molecule has 0 aliphatic carbocycles. The lowest BCUT2D eigenvalue weighted by molar-refractivity contribution is -0.122. The van der Waals surface area contributed by atoms with Gasteiger partial charge in [0.25, 0.3) is 0 Å². The Morgan fingerprint density at radius 2 is 1.62 bits per heavy atom. The highest BCUT2D eigenvalue weighted by atomic mass is 16.6. The number of hydrogen-bond donors (Lipinski definition) is 2. The molecule has 8 heteroatoms. The van der Waals surface area contributed by atoms with E-state index in [1.165, 1.54) is 12.0 Å². The maximum absolute atomic E-state index is 12.1. The first-order valence-electron chi connectivity index (χ1n) is 13.6. The summed E-state index contributed by atoms with van der Waals surface area (Å²) >= 11 is 0. The number of nitrogens with zero attached hydrogens (tertiary/aromatic N) is 2. The van der Waals surface area contributed by atoms with Gasteiger partial charge in [-0.2, -0.15) is 0 Å². The molecule has 0 aromatic heterocycles. The Morgan fingerprint density at radius 1 is 1.11 bits per heavy atom. The van der Waals surface area contributed by atoms with Crippen molar-refractivity contribution in [3.05, 3.63) is 35.9 Å². The number of amides is 3. The predicted molar refractivity (Wildman–Crippen MR) is 153 cm³/mol. The summed E-state index contributed by atoms with van der Waals surface area (Å²) in [7, 11) is 2.17. The van der Waals surface area contributed by atoms with E-state index in [4.69, 9.17) is 4.74 Å². The minimum atomic E-state index is -0.419. The first-order chi connectivity index (χ1) is 17.4. The van der Waals surface area contributed by atoms with Crippen molar-refractivity contribution >= 4 is 18.4 Å². The average molecular weight is 523 g/mol. The summed E-state index contributed by atoms with van der Waals surface area (Å²) in [6, 6.07) is 11.2. The molecular weight excluding hydrogens is 468 g/mol. The smallest absolute Gasteiger partial charge is 0.410 e. The van der Waals surface area contributed by atoms with Crippen LogP contribution in [0.15, 0.2) is 30.3 Å². The lowest BCUT2D eigenvalue weighted by Crippen LogP contribution is -2.46. The SMILES string of the molecule is CC.CC(C)NC(=O)CNC=O.CCC.CN(Cc1ccccc1)C1CCN(C(=O)OC(C)(C)C)CC1. The summed E-state index contributed by atoms with van der Waals surface area (Å²) in [6.45, 7) is 20.3. The normalized spacial score (nSPS) is 13.1. The molecule has 1 heterocycles. The van der Waals surface area contributed by atoms with E-state index >= 15 is 0 Å². The van der Waals surface area contributed by atoms with Gasteiger partial charge in [0.05, 0.1) is 6.54 Å². The molecule has 0 atom stereocenters. The maximum atomic E-state index is 12.1. The molecule has 3 amide bonds. The molecule has 1 aliphatic rings. The number of nitrogens with one attached hydrogen (secondary N) is 2. The number of carbonyl (C=O) groups excluding carboxylic acids is 3. The number of piperidine rings is 1. The van der Waals surface area contributed by atoms with Gasteiger partial charge >= 0.3 is 6.09 Å². The molecule has 1 saturated heterocycles. The van der Waals surface area contributed by atoms with Gasteiger partial charge in [-0.3, -0.25) is 14.5 Å². The van der Waals surface area contributed by atoms with Crippen molar-refractivity contribution in [1.82, 2.24) is 20.4 Å². The molecule has 1 fully saturated rings. The van der Waals surface area contributed by atoms with Crippen molar-refractivity contribution in [2.45, 2.75) is 106 Å². The van der Waals surface area contributed by atoms with E-state index in [1.54, 1.807) is 0 Å². The first-order valence-corrected chi connectivity index (χ1v) is 13.6. The van der Waals surface area contributed by atoms with Crippen LogP contribution in [0.1, 0.15) is 87.1 Å². The molecule has 2 N–H and O–H groups in total. The van der Waals surface area contributed by atoms with Gasteiger partial charge < -0.3 is 20.3 Å². The van der Waals surface area contributed by atoms with Crippen molar-refractivity contribution in [3.8, 4) is 0 Å². The quantitative estimate of drug-likeness (QED) is 0.479. The van der Waals surface area contributed by atoms with E-state index in [0.29, 0.717) is 12.5 Å². The van der Waals surface area contributed by atoms with Crippen LogP contribution in [-0.2, 0) is 20.9 Å². The third-order valence-corrected chi connectivity index (χ3v) is 4.81. The van der Waals surface area contributed by atoms with Crippen molar-refractivity contribution < 1.29 is 19.1 Å². The fraction of sp³-hybridized carbons (Fsp3) is 0.690. The second-order valence-electron chi connectivity index (χ2n) is 10.0. The number of ether oxygens (including phenoxy) is 1. The fourth-order valence-corrected chi connectivity index (χ4v) is 3.32. The third kappa shape index (κ3) is 20.2. The molecular formula is C29H54N4O4. The molecule has 1 aromatic carbocycles. The Labute approximate surface area is 226 Å². The Morgan fingerprint density at radius 3 is 2.05 bits per heavy atom. The molecule has 0 bridgehead atoms. The highest BCUT2D eigenvalue weighted by Crippen LogP contribution is 2.19. The Balaban J connectivity index is 0. The molecule has 0 saturated carbocycles. The zero-order valence-corrected chi connectivity index (χ0v) is 25.1. The predicted octanol–water partition coefficient (Wildman–Crippen LogP) is 5.22. The summed E-state index contributed by atoms with van der Waals surface area (Å²) in [5, 5.41) is 4.88. The van der Waals surface area contributed by atoms with Crippen LogP contribution in [0.25, 0.3) is 0 Å². The molecule has 1 aromatic rings. The van der Waals surface area contributed by atoms with Crippen molar-refractivity contribution in [2.75, 3.05) is 26.7 Å². The van der Waals surface area contributed by atoms with Gasteiger partial charge in [-0.25, -0.2) is 4.79 Å². The molecule has 1 aliphatic heterocycles. The number of likely N-dealkylation sites (tertiary alicyclic amines) is 1. The maximum Gasteiger partial charge on any atom is 0.410 e. The van der Waals surface area contributed by atoms with Crippen LogP contribution in [0, 0.1) is 0 Å². The van der Waals surface area contributed by atoms with Crippen LogP contribution in [0.3, 0.4) is 0 Å². The van der Waals surface area contributed by atoms with E-state index in [0.717, 1.165) is 32.5 Å². The third-order valence-electron chi connectivity index (χ3n) is 4.81. The van der Waals surface area contributed by atoms with E-state index in [2.05, 4.69) is 60.7 Å². The number of rotatable bonds is 7. The molecule has 2 rings (SSSR count). The molecule has 37 heavy (non-hydrogen) atoms. The van der Waals surface area contributed by atoms with Crippen LogP contribution in [0.5, 0.6) is 0 Å². The largest absolute Gasteiger partial charge is 0.444 e. The van der Waals surface area contributed by atoms with Gasteiger partial charge in [0.2, 0.25) is 12.3 Å². The lowest BCUT2D eigenvalue weighted by atomic mass is 10.0. The fourth-order valence-electron chi connectivity index (χ4n) is 3.32. The molecule has 0 unspecified atom stereocenters.